The number of allylic oxidation sites excluding steroid dienone is 8. The Labute approximate surface area is 527 Å². The van der Waals surface area contributed by atoms with Gasteiger partial charge in [-0.25, -0.2) is 4.57 Å². The van der Waals surface area contributed by atoms with Gasteiger partial charge in [-0.2, -0.15) is 0 Å². The van der Waals surface area contributed by atoms with Gasteiger partial charge in [-0.15, -0.1) is 0 Å². The lowest BCUT2D eigenvalue weighted by molar-refractivity contribution is -0.161. The van der Waals surface area contributed by atoms with E-state index in [9.17, 15) is 19.0 Å². The minimum Gasteiger partial charge on any atom is -0.462 e. The lowest BCUT2D eigenvalue weighted by Crippen LogP contribution is -2.29. The van der Waals surface area contributed by atoms with Crippen LogP contribution in [0.25, 0.3) is 0 Å². The van der Waals surface area contributed by atoms with Gasteiger partial charge in [0.05, 0.1) is 13.2 Å². The summed E-state index contributed by atoms with van der Waals surface area (Å²) < 4.78 is 33.2. The molecule has 0 aliphatic rings. The minimum atomic E-state index is -4.39. The van der Waals surface area contributed by atoms with Gasteiger partial charge in [0, 0.05) is 19.4 Å². The molecule has 85 heavy (non-hydrogen) atoms. The van der Waals surface area contributed by atoms with Crippen molar-refractivity contribution in [3.05, 3.63) is 48.6 Å². The number of rotatable bonds is 71. The molecule has 0 saturated heterocycles. The first kappa shape index (κ1) is 83.0. The second-order valence-corrected chi connectivity index (χ2v) is 26.6. The van der Waals surface area contributed by atoms with Gasteiger partial charge in [0.2, 0.25) is 0 Å². The molecule has 0 spiro atoms. The van der Waals surface area contributed by atoms with E-state index in [-0.39, 0.29) is 38.6 Å². The molecule has 10 heteroatoms. The maximum atomic E-state index is 12.8. The summed E-state index contributed by atoms with van der Waals surface area (Å²) >= 11 is 0. The quantitative estimate of drug-likeness (QED) is 0.0264. The largest absolute Gasteiger partial charge is 0.472 e. The van der Waals surface area contributed by atoms with E-state index in [1.165, 1.54) is 295 Å². The monoisotopic (exact) mass is 1220 g/mol. The molecule has 0 heterocycles. The van der Waals surface area contributed by atoms with Gasteiger partial charge in [-0.3, -0.25) is 18.6 Å². The number of phosphoric ester groups is 1. The first-order chi connectivity index (χ1) is 41.8. The summed E-state index contributed by atoms with van der Waals surface area (Å²) in [5.74, 6) is -0.802. The van der Waals surface area contributed by atoms with Crippen LogP contribution in [0.2, 0.25) is 0 Å². The number of nitrogens with two attached hydrogens (primary N) is 1. The van der Waals surface area contributed by atoms with E-state index >= 15 is 0 Å². The molecule has 0 aromatic heterocycles. The predicted molar refractivity (Wildman–Crippen MR) is 367 cm³/mol. The Morgan fingerprint density at radius 1 is 0.365 bits per heavy atom. The maximum absolute atomic E-state index is 12.8. The predicted octanol–water partition coefficient (Wildman–Crippen LogP) is 24.4. The lowest BCUT2D eigenvalue weighted by Gasteiger charge is -2.19. The summed E-state index contributed by atoms with van der Waals surface area (Å²) in [6, 6.07) is 0. The highest BCUT2D eigenvalue weighted by Crippen LogP contribution is 2.43. The van der Waals surface area contributed by atoms with Crippen LogP contribution in [0.1, 0.15) is 386 Å². The Kier molecular flexibility index (Phi) is 69.4. The second-order valence-electron chi connectivity index (χ2n) is 25.1. The van der Waals surface area contributed by atoms with Crippen LogP contribution in [-0.2, 0) is 32.7 Å². The van der Waals surface area contributed by atoms with Gasteiger partial charge in [0.15, 0.2) is 6.10 Å². The standard InChI is InChI=1S/C75H142NO8P/c1-3-5-7-9-11-13-15-17-19-21-23-25-27-29-31-32-33-34-35-36-37-38-39-40-42-44-46-48-50-52-54-56-58-60-62-64-66-68-75(78)84-73(72-83-85(79,80)82-70-69-76)71-81-74(77)67-65-63-61-59-57-55-53-51-49-47-45-43-41-30-28-26-24-22-20-18-16-14-12-10-8-6-4-2/h5,7,11,13,17,19,23,25,73H,3-4,6,8-10,12,14-16,18,20-22,24,26-72,76H2,1-2H3,(H,79,80)/b7-5-,13-11-,19-17-,25-23-. The van der Waals surface area contributed by atoms with Crippen molar-refractivity contribution in [2.24, 2.45) is 5.73 Å². The fourth-order valence-corrected chi connectivity index (χ4v) is 12.0. The minimum absolute atomic E-state index is 0.0565. The van der Waals surface area contributed by atoms with E-state index in [4.69, 9.17) is 24.3 Å². The van der Waals surface area contributed by atoms with Gasteiger partial charge in [0.25, 0.3) is 0 Å². The molecule has 2 atom stereocenters. The highest BCUT2D eigenvalue weighted by Gasteiger charge is 2.26. The van der Waals surface area contributed by atoms with Crippen LogP contribution in [0.4, 0.5) is 0 Å². The van der Waals surface area contributed by atoms with Crippen molar-refractivity contribution >= 4 is 19.8 Å². The van der Waals surface area contributed by atoms with Gasteiger partial charge in [0.1, 0.15) is 6.61 Å². The number of esters is 2. The molecule has 0 aromatic carbocycles. The highest BCUT2D eigenvalue weighted by atomic mass is 31.2. The average molecular weight is 1220 g/mol. The van der Waals surface area contributed by atoms with E-state index in [0.717, 1.165) is 57.8 Å². The summed E-state index contributed by atoms with van der Waals surface area (Å²) in [6.45, 7) is 3.71. The van der Waals surface area contributed by atoms with Crippen molar-refractivity contribution in [1.82, 2.24) is 0 Å². The highest BCUT2D eigenvalue weighted by molar-refractivity contribution is 7.47. The molecule has 0 aromatic rings. The third kappa shape index (κ3) is 70.9. The molecule has 0 radical (unpaired) electrons. The summed E-state index contributed by atoms with van der Waals surface area (Å²) in [7, 11) is -4.39. The van der Waals surface area contributed by atoms with Crippen molar-refractivity contribution in [3.8, 4) is 0 Å². The van der Waals surface area contributed by atoms with Crippen molar-refractivity contribution < 1.29 is 37.6 Å². The van der Waals surface area contributed by atoms with E-state index in [0.29, 0.717) is 6.42 Å². The van der Waals surface area contributed by atoms with Gasteiger partial charge < -0.3 is 20.1 Å². The summed E-state index contributed by atoms with van der Waals surface area (Å²) in [5.41, 5.74) is 5.41. The number of phosphoric acid groups is 1. The average Bonchev–Trinajstić information content (AvgIpc) is 3.52. The summed E-state index contributed by atoms with van der Waals surface area (Å²) in [5, 5.41) is 0. The SMILES string of the molecule is CC/C=C\C/C=C\C/C=C\C/C=C\CCCCCCCCCCCCCCCCCCCCCCCCCCC(=O)OC(COC(=O)CCCCCCCCCCCCCCCCCCCCCCCCCCCCC)COP(=O)(O)OCCN. The first-order valence-electron chi connectivity index (χ1n) is 37.1. The van der Waals surface area contributed by atoms with Crippen molar-refractivity contribution in [2.45, 2.75) is 392 Å². The van der Waals surface area contributed by atoms with Crippen LogP contribution < -0.4 is 5.73 Å². The molecule has 0 saturated carbocycles. The Bertz CT molecular complexity index is 1530. The number of hydrogen-bond donors (Lipinski definition) is 2. The fourth-order valence-electron chi connectivity index (χ4n) is 11.3. The molecule has 500 valence electrons. The second kappa shape index (κ2) is 71.1. The smallest absolute Gasteiger partial charge is 0.462 e. The topological polar surface area (TPSA) is 134 Å². The molecular weight excluding hydrogens is 1070 g/mol. The van der Waals surface area contributed by atoms with Crippen LogP contribution in [-0.4, -0.2) is 49.3 Å². The molecule has 0 amide bonds. The Hall–Kier alpha value is -2.03. The fraction of sp³-hybridized carbons (Fsp3) is 0.867. The molecule has 0 aliphatic heterocycles. The van der Waals surface area contributed by atoms with Gasteiger partial charge >= 0.3 is 19.8 Å². The van der Waals surface area contributed by atoms with E-state index in [2.05, 4.69) is 62.5 Å². The third-order valence-electron chi connectivity index (χ3n) is 16.7. The van der Waals surface area contributed by atoms with E-state index < -0.39 is 26.5 Å². The zero-order valence-corrected chi connectivity index (χ0v) is 57.3. The maximum Gasteiger partial charge on any atom is 0.472 e. The number of hydrogen-bond acceptors (Lipinski definition) is 8. The van der Waals surface area contributed by atoms with Gasteiger partial charge in [-0.1, -0.05) is 371 Å². The van der Waals surface area contributed by atoms with Crippen molar-refractivity contribution in [2.75, 3.05) is 26.4 Å². The normalized spacial score (nSPS) is 13.1. The van der Waals surface area contributed by atoms with Crippen LogP contribution in [0, 0.1) is 0 Å². The Balaban J connectivity index is 3.77. The summed E-state index contributed by atoms with van der Waals surface area (Å²) in [4.78, 5) is 35.4. The van der Waals surface area contributed by atoms with Crippen molar-refractivity contribution in [1.29, 1.82) is 0 Å². The molecule has 2 unspecified atom stereocenters. The Morgan fingerprint density at radius 2 is 0.647 bits per heavy atom. The number of carbonyl (C=O) groups is 2. The van der Waals surface area contributed by atoms with Crippen LogP contribution in [0.15, 0.2) is 48.6 Å². The molecule has 0 bridgehead atoms. The molecule has 0 fully saturated rings. The molecule has 0 aliphatic carbocycles. The van der Waals surface area contributed by atoms with Crippen molar-refractivity contribution in [3.63, 3.8) is 0 Å². The van der Waals surface area contributed by atoms with Crippen LogP contribution in [0.3, 0.4) is 0 Å². The molecule has 3 N–H and O–H groups in total. The zero-order valence-electron chi connectivity index (χ0n) is 56.4. The van der Waals surface area contributed by atoms with Gasteiger partial charge in [-0.05, 0) is 51.4 Å². The number of carbonyl (C=O) groups excluding carboxylic acids is 2. The molecular formula is C75H142NO8P. The lowest BCUT2D eigenvalue weighted by atomic mass is 10.0. The van der Waals surface area contributed by atoms with E-state index in [1.54, 1.807) is 0 Å². The third-order valence-corrected chi connectivity index (χ3v) is 17.7. The first-order valence-corrected chi connectivity index (χ1v) is 38.6. The Morgan fingerprint density at radius 3 is 0.965 bits per heavy atom. The van der Waals surface area contributed by atoms with Crippen LogP contribution in [0.5, 0.6) is 0 Å². The number of unbranched alkanes of at least 4 members (excludes halogenated alkanes) is 50. The zero-order chi connectivity index (χ0) is 61.6. The van der Waals surface area contributed by atoms with Crippen LogP contribution >= 0.6 is 7.82 Å². The summed E-state index contributed by atoms with van der Waals surface area (Å²) in [6.07, 6.45) is 90.9. The molecule has 9 nitrogen and oxygen atoms in total. The number of ether oxygens (including phenoxy) is 2. The molecule has 0 rings (SSSR count). The van der Waals surface area contributed by atoms with E-state index in [1.807, 2.05) is 0 Å².